The largest absolute Gasteiger partial charge is 0.388 e. The number of aromatic nitrogens is 3. The summed E-state index contributed by atoms with van der Waals surface area (Å²) in [5.41, 5.74) is -0.179. The van der Waals surface area contributed by atoms with Gasteiger partial charge in [0.1, 0.15) is 0 Å². The Kier molecular flexibility index (Phi) is 4.64. The summed E-state index contributed by atoms with van der Waals surface area (Å²) in [6, 6.07) is 5.92. The fraction of sp³-hybridized carbons (Fsp3) is 0.273. The van der Waals surface area contributed by atoms with E-state index >= 15 is 0 Å². The Morgan fingerprint density at radius 1 is 1.33 bits per heavy atom. The Hall–Kier alpha value is -1.20. The first kappa shape index (κ1) is 14.9. The topological polar surface area (TPSA) is 30.7 Å². The molecule has 0 aromatic carbocycles. The summed E-state index contributed by atoms with van der Waals surface area (Å²) < 4.78 is 38.0. The fourth-order valence-corrected chi connectivity index (χ4v) is 1.33. The van der Waals surface area contributed by atoms with Crippen LogP contribution in [0.2, 0.25) is 0 Å². The zero-order chi connectivity index (χ0) is 12.5. The molecule has 0 unspecified atom stereocenters. The van der Waals surface area contributed by atoms with Gasteiger partial charge >= 0.3 is 6.18 Å². The molecule has 2 aromatic heterocycles. The smallest absolute Gasteiger partial charge is 0.343 e. The molecule has 0 spiro atoms. The van der Waals surface area contributed by atoms with Crippen LogP contribution in [0.25, 0.3) is 5.82 Å². The maximum absolute atomic E-state index is 12.3. The van der Waals surface area contributed by atoms with E-state index in [1.807, 2.05) is 6.92 Å². The molecule has 0 bridgehead atoms. The Morgan fingerprint density at radius 2 is 2.06 bits per heavy atom. The van der Waals surface area contributed by atoms with Crippen molar-refractivity contribution in [2.75, 3.05) is 0 Å². The van der Waals surface area contributed by atoms with Crippen LogP contribution in [-0.4, -0.2) is 14.8 Å². The number of nitrogens with zero attached hydrogens (tertiary/aromatic N) is 3. The van der Waals surface area contributed by atoms with E-state index < -0.39 is 11.9 Å². The van der Waals surface area contributed by atoms with Gasteiger partial charge in [-0.05, 0) is 12.5 Å². The van der Waals surface area contributed by atoms with E-state index in [0.29, 0.717) is 12.2 Å². The van der Waals surface area contributed by atoms with Crippen LogP contribution in [-0.2, 0) is 32.7 Å². The van der Waals surface area contributed by atoms with E-state index in [1.165, 1.54) is 0 Å². The van der Waals surface area contributed by atoms with E-state index in [1.54, 1.807) is 18.2 Å². The predicted octanol–water partition coefficient (Wildman–Crippen LogP) is 2.65. The van der Waals surface area contributed by atoms with Gasteiger partial charge < -0.3 is 4.68 Å². The molecule has 0 N–H and O–H groups in total. The second-order valence-corrected chi connectivity index (χ2v) is 3.41. The Balaban J connectivity index is 0.00000162. The van der Waals surface area contributed by atoms with Crippen molar-refractivity contribution < 1.29 is 33.3 Å². The number of halogens is 3. The van der Waals surface area contributed by atoms with E-state index in [0.717, 1.165) is 16.4 Å². The van der Waals surface area contributed by atoms with Crippen LogP contribution in [0.4, 0.5) is 13.2 Å². The molecule has 0 aliphatic carbocycles. The van der Waals surface area contributed by atoms with Crippen LogP contribution in [0.15, 0.2) is 24.3 Å². The molecule has 0 aliphatic heterocycles. The monoisotopic (exact) mass is 433 g/mol. The third-order valence-electron chi connectivity index (χ3n) is 2.19. The van der Waals surface area contributed by atoms with Crippen molar-refractivity contribution in [3.8, 4) is 5.82 Å². The SMILES string of the molecule is CCc1cccc(-n2[c-]cc(C(F)(F)F)n2)n1.[Ir]. The summed E-state index contributed by atoms with van der Waals surface area (Å²) in [6.07, 6.45) is -1.34. The van der Waals surface area contributed by atoms with Gasteiger partial charge in [0.05, 0.1) is 11.5 Å². The molecule has 0 fully saturated rings. The van der Waals surface area contributed by atoms with Gasteiger partial charge in [0.15, 0.2) is 0 Å². The second kappa shape index (κ2) is 5.63. The quantitative estimate of drug-likeness (QED) is 0.684. The number of alkyl halides is 3. The summed E-state index contributed by atoms with van der Waals surface area (Å²) in [4.78, 5) is 4.16. The van der Waals surface area contributed by atoms with Gasteiger partial charge in [-0.15, -0.1) is 6.07 Å². The first-order chi connectivity index (χ1) is 8.00. The number of pyridine rings is 1. The van der Waals surface area contributed by atoms with Crippen LogP contribution >= 0.6 is 0 Å². The van der Waals surface area contributed by atoms with Crippen molar-refractivity contribution >= 4 is 0 Å². The Labute approximate surface area is 115 Å². The molecule has 3 nitrogen and oxygen atoms in total. The molecular weight excluding hydrogens is 423 g/mol. The minimum Gasteiger partial charge on any atom is -0.343 e. The molecule has 18 heavy (non-hydrogen) atoms. The predicted molar refractivity (Wildman–Crippen MR) is 54.6 cm³/mol. The molecule has 99 valence electrons. The molecule has 7 heteroatoms. The molecule has 2 aromatic rings. The Bertz CT molecular complexity index is 522. The van der Waals surface area contributed by atoms with E-state index in [-0.39, 0.29) is 20.1 Å². The minimum absolute atomic E-state index is 0. The first-order valence-electron chi connectivity index (χ1n) is 5.02. The van der Waals surface area contributed by atoms with Crippen LogP contribution in [0.5, 0.6) is 0 Å². The van der Waals surface area contributed by atoms with Gasteiger partial charge in [-0.3, -0.25) is 10.1 Å². The fourth-order valence-electron chi connectivity index (χ4n) is 1.33. The van der Waals surface area contributed by atoms with Gasteiger partial charge in [-0.1, -0.05) is 25.3 Å². The van der Waals surface area contributed by atoms with Crippen LogP contribution in [0.1, 0.15) is 18.3 Å². The molecule has 0 atom stereocenters. The van der Waals surface area contributed by atoms with Crippen molar-refractivity contribution in [3.05, 3.63) is 41.9 Å². The van der Waals surface area contributed by atoms with Crippen molar-refractivity contribution in [2.24, 2.45) is 0 Å². The number of hydrogen-bond donors (Lipinski definition) is 0. The number of aryl methyl sites for hydroxylation is 1. The normalized spacial score (nSPS) is 11.1. The van der Waals surface area contributed by atoms with Crippen molar-refractivity contribution in [1.29, 1.82) is 0 Å². The Morgan fingerprint density at radius 3 is 2.61 bits per heavy atom. The third-order valence-corrected chi connectivity index (χ3v) is 2.19. The zero-order valence-electron chi connectivity index (χ0n) is 9.33. The molecule has 0 amide bonds. The summed E-state index contributed by atoms with van der Waals surface area (Å²) in [6.45, 7) is 1.92. The second-order valence-electron chi connectivity index (χ2n) is 3.41. The summed E-state index contributed by atoms with van der Waals surface area (Å²) >= 11 is 0. The average Bonchev–Trinajstić information content (AvgIpc) is 2.78. The molecular formula is C11H9F3IrN3-. The molecule has 0 aliphatic rings. The van der Waals surface area contributed by atoms with Gasteiger partial charge in [-0.2, -0.15) is 13.2 Å². The summed E-state index contributed by atoms with van der Waals surface area (Å²) in [5, 5.41) is 3.40. The van der Waals surface area contributed by atoms with E-state index in [2.05, 4.69) is 16.3 Å². The van der Waals surface area contributed by atoms with Gasteiger partial charge in [-0.25, -0.2) is 0 Å². The summed E-state index contributed by atoms with van der Waals surface area (Å²) in [7, 11) is 0. The molecule has 0 saturated carbocycles. The van der Waals surface area contributed by atoms with Gasteiger partial charge in [0, 0.05) is 25.8 Å². The molecule has 1 radical (unpaired) electrons. The zero-order valence-corrected chi connectivity index (χ0v) is 11.7. The van der Waals surface area contributed by atoms with Gasteiger partial charge in [0.25, 0.3) is 0 Å². The maximum Gasteiger partial charge on any atom is 0.388 e. The van der Waals surface area contributed by atoms with Crippen molar-refractivity contribution in [3.63, 3.8) is 0 Å². The number of rotatable bonds is 2. The summed E-state index contributed by atoms with van der Waals surface area (Å²) in [5.74, 6) is 0.333. The van der Waals surface area contributed by atoms with Crippen LogP contribution in [0.3, 0.4) is 0 Å². The molecule has 2 heterocycles. The van der Waals surface area contributed by atoms with E-state index in [9.17, 15) is 13.2 Å². The van der Waals surface area contributed by atoms with Crippen molar-refractivity contribution in [2.45, 2.75) is 19.5 Å². The van der Waals surface area contributed by atoms with E-state index in [4.69, 9.17) is 0 Å². The first-order valence-corrected chi connectivity index (χ1v) is 5.02. The molecule has 0 saturated heterocycles. The maximum atomic E-state index is 12.3. The third kappa shape index (κ3) is 3.17. The minimum atomic E-state index is -4.45. The molecule has 2 rings (SSSR count). The van der Waals surface area contributed by atoms with Crippen molar-refractivity contribution in [1.82, 2.24) is 14.8 Å². The van der Waals surface area contributed by atoms with Crippen LogP contribution < -0.4 is 0 Å². The average molecular weight is 432 g/mol. The standard InChI is InChI=1S/C11H9F3N3.Ir/c1-2-8-4-3-5-10(15-8)17-7-6-9(16-17)11(12,13)14;/h3-6H,2H2,1H3;/q-1;. The van der Waals surface area contributed by atoms with Gasteiger partial charge in [0.2, 0.25) is 0 Å². The number of hydrogen-bond acceptors (Lipinski definition) is 2. The van der Waals surface area contributed by atoms with Crippen LogP contribution in [0, 0.1) is 6.20 Å².